The summed E-state index contributed by atoms with van der Waals surface area (Å²) in [5.41, 5.74) is 1.16. The minimum atomic E-state index is -0.824. The Morgan fingerprint density at radius 3 is 2.71 bits per heavy atom. The molecule has 0 aliphatic rings. The molecule has 14 heavy (non-hydrogen) atoms. The summed E-state index contributed by atoms with van der Waals surface area (Å²) >= 11 is 0. The van der Waals surface area contributed by atoms with Gasteiger partial charge in [0.15, 0.2) is 0 Å². The highest BCUT2D eigenvalue weighted by atomic mass is 16.5. The van der Waals surface area contributed by atoms with E-state index < -0.39 is 5.60 Å². The molecule has 0 saturated heterocycles. The Hall–Kier alpha value is -0.870. The van der Waals surface area contributed by atoms with Crippen LogP contribution in [0.2, 0.25) is 0 Å². The maximum Gasteiger partial charge on any atom is 0.0907 e. The summed E-state index contributed by atoms with van der Waals surface area (Å²) in [6.45, 7) is 4.03. The van der Waals surface area contributed by atoms with Gasteiger partial charge in [-0.2, -0.15) is 5.10 Å². The maximum absolute atomic E-state index is 9.94. The lowest BCUT2D eigenvalue weighted by molar-refractivity contribution is -0.0172. The normalized spacial score (nSPS) is 15.5. The van der Waals surface area contributed by atoms with Gasteiger partial charge in [-0.3, -0.25) is 4.68 Å². The zero-order valence-corrected chi connectivity index (χ0v) is 9.24. The van der Waals surface area contributed by atoms with Gasteiger partial charge in [0, 0.05) is 26.3 Å². The fourth-order valence-corrected chi connectivity index (χ4v) is 1.58. The van der Waals surface area contributed by atoms with Crippen LogP contribution in [0.4, 0.5) is 0 Å². The molecule has 4 heteroatoms. The number of nitrogens with zero attached hydrogens (tertiary/aromatic N) is 2. The molecule has 0 fully saturated rings. The van der Waals surface area contributed by atoms with Gasteiger partial charge in [0.1, 0.15) is 0 Å². The summed E-state index contributed by atoms with van der Waals surface area (Å²) in [4.78, 5) is 0. The van der Waals surface area contributed by atoms with E-state index >= 15 is 0 Å². The molecule has 0 aromatic carbocycles. The van der Waals surface area contributed by atoms with E-state index in [0.717, 1.165) is 11.4 Å². The molecule has 1 heterocycles. The molecule has 1 rings (SSSR count). The van der Waals surface area contributed by atoms with Crippen molar-refractivity contribution in [1.82, 2.24) is 9.78 Å². The zero-order chi connectivity index (χ0) is 10.8. The van der Waals surface area contributed by atoms with Gasteiger partial charge in [-0.15, -0.1) is 0 Å². The summed E-state index contributed by atoms with van der Waals surface area (Å²) in [6, 6.07) is 1.98. The van der Waals surface area contributed by atoms with Crippen LogP contribution in [0.1, 0.15) is 18.3 Å². The molecule has 0 bridgehead atoms. The molecule has 0 radical (unpaired) electrons. The predicted octanol–water partition coefficient (Wildman–Crippen LogP) is 0.668. The molecule has 0 aliphatic heterocycles. The van der Waals surface area contributed by atoms with Gasteiger partial charge in [0.25, 0.3) is 0 Å². The lowest BCUT2D eigenvalue weighted by Crippen LogP contribution is -2.33. The number of aromatic nitrogens is 2. The van der Waals surface area contributed by atoms with Gasteiger partial charge in [0.05, 0.1) is 17.9 Å². The highest BCUT2D eigenvalue weighted by molar-refractivity contribution is 5.11. The largest absolute Gasteiger partial charge is 0.387 e. The summed E-state index contributed by atoms with van der Waals surface area (Å²) < 4.78 is 6.74. The first-order valence-electron chi connectivity index (χ1n) is 4.65. The van der Waals surface area contributed by atoms with Crippen molar-refractivity contribution in [2.45, 2.75) is 25.9 Å². The van der Waals surface area contributed by atoms with Gasteiger partial charge in [0.2, 0.25) is 0 Å². The van der Waals surface area contributed by atoms with Crippen LogP contribution in [0.3, 0.4) is 0 Å². The van der Waals surface area contributed by atoms with Crippen LogP contribution in [0.15, 0.2) is 6.07 Å². The van der Waals surface area contributed by atoms with Gasteiger partial charge in [-0.05, 0) is 19.9 Å². The van der Waals surface area contributed by atoms with Crippen LogP contribution in [-0.4, -0.2) is 34.2 Å². The van der Waals surface area contributed by atoms with E-state index in [0.29, 0.717) is 13.0 Å². The molecule has 80 valence electrons. The highest BCUT2D eigenvalue weighted by Crippen LogP contribution is 2.13. The van der Waals surface area contributed by atoms with Crippen LogP contribution in [0.25, 0.3) is 0 Å². The first-order chi connectivity index (χ1) is 6.44. The van der Waals surface area contributed by atoms with Gasteiger partial charge < -0.3 is 9.84 Å². The second-order valence-electron chi connectivity index (χ2n) is 4.01. The number of hydrogen-bond donors (Lipinski definition) is 1. The Balaban J connectivity index is 2.72. The zero-order valence-electron chi connectivity index (χ0n) is 9.24. The molecule has 1 aromatic heterocycles. The van der Waals surface area contributed by atoms with Crippen LogP contribution < -0.4 is 0 Å². The lowest BCUT2D eigenvalue weighted by Gasteiger charge is -2.21. The molecular formula is C10H18N2O2. The number of hydrogen-bond acceptors (Lipinski definition) is 3. The third-order valence-electron chi connectivity index (χ3n) is 2.12. The van der Waals surface area contributed by atoms with Crippen molar-refractivity contribution in [2.24, 2.45) is 7.05 Å². The topological polar surface area (TPSA) is 47.3 Å². The summed E-state index contributed by atoms with van der Waals surface area (Å²) in [5, 5.41) is 14.2. The minimum absolute atomic E-state index is 0.331. The molecule has 4 nitrogen and oxygen atoms in total. The van der Waals surface area contributed by atoms with Crippen molar-refractivity contribution in [1.29, 1.82) is 0 Å². The molecule has 0 aliphatic carbocycles. The second-order valence-corrected chi connectivity index (χ2v) is 4.01. The standard InChI is InChI=1S/C10H18N2O2/c1-8-5-9(12(3)11-8)6-10(2,13)7-14-4/h5,13H,6-7H2,1-4H3. The Labute approximate surface area is 84.5 Å². The van der Waals surface area contributed by atoms with Gasteiger partial charge >= 0.3 is 0 Å². The molecule has 0 spiro atoms. The molecule has 0 saturated carbocycles. The first kappa shape index (κ1) is 11.2. The maximum atomic E-state index is 9.94. The average molecular weight is 198 g/mol. The van der Waals surface area contributed by atoms with Crippen LogP contribution >= 0.6 is 0 Å². The minimum Gasteiger partial charge on any atom is -0.387 e. The fourth-order valence-electron chi connectivity index (χ4n) is 1.58. The number of methoxy groups -OCH3 is 1. The Kier molecular flexibility index (Phi) is 3.29. The monoisotopic (exact) mass is 198 g/mol. The quantitative estimate of drug-likeness (QED) is 0.773. The first-order valence-corrected chi connectivity index (χ1v) is 4.65. The van der Waals surface area contributed by atoms with E-state index in [1.165, 1.54) is 0 Å². The third-order valence-corrected chi connectivity index (χ3v) is 2.12. The molecule has 0 amide bonds. The van der Waals surface area contributed by atoms with Crippen molar-refractivity contribution in [3.63, 3.8) is 0 Å². The van der Waals surface area contributed by atoms with Crippen LogP contribution in [0, 0.1) is 6.92 Å². The summed E-state index contributed by atoms with van der Waals surface area (Å²) in [7, 11) is 3.47. The van der Waals surface area contributed by atoms with Crippen molar-refractivity contribution >= 4 is 0 Å². The van der Waals surface area contributed by atoms with Gasteiger partial charge in [-0.25, -0.2) is 0 Å². The highest BCUT2D eigenvalue weighted by Gasteiger charge is 2.22. The Morgan fingerprint density at radius 1 is 1.64 bits per heavy atom. The van der Waals surface area contributed by atoms with Crippen molar-refractivity contribution in [3.05, 3.63) is 17.5 Å². The van der Waals surface area contributed by atoms with Crippen molar-refractivity contribution in [2.75, 3.05) is 13.7 Å². The molecule has 1 atom stereocenters. The van der Waals surface area contributed by atoms with E-state index in [4.69, 9.17) is 4.74 Å². The predicted molar refractivity (Wildman–Crippen MR) is 54.1 cm³/mol. The third kappa shape index (κ3) is 2.82. The smallest absolute Gasteiger partial charge is 0.0907 e. The summed E-state index contributed by atoms with van der Waals surface area (Å²) in [5.74, 6) is 0. The number of aryl methyl sites for hydroxylation is 2. The SMILES string of the molecule is COCC(C)(O)Cc1cc(C)nn1C. The average Bonchev–Trinajstić information content (AvgIpc) is 2.28. The van der Waals surface area contributed by atoms with E-state index in [9.17, 15) is 5.11 Å². The van der Waals surface area contributed by atoms with Crippen molar-refractivity contribution < 1.29 is 9.84 Å². The lowest BCUT2D eigenvalue weighted by atomic mass is 10.0. The second kappa shape index (κ2) is 4.11. The van der Waals surface area contributed by atoms with E-state index in [1.54, 1.807) is 18.7 Å². The van der Waals surface area contributed by atoms with Crippen LogP contribution in [-0.2, 0) is 18.2 Å². The Bertz CT molecular complexity index is 305. The molecule has 1 N–H and O–H groups in total. The van der Waals surface area contributed by atoms with E-state index in [2.05, 4.69) is 5.10 Å². The Morgan fingerprint density at radius 2 is 2.29 bits per heavy atom. The number of rotatable bonds is 4. The van der Waals surface area contributed by atoms with Crippen molar-refractivity contribution in [3.8, 4) is 0 Å². The molecular weight excluding hydrogens is 180 g/mol. The molecule has 1 aromatic rings. The van der Waals surface area contributed by atoms with Gasteiger partial charge in [-0.1, -0.05) is 0 Å². The van der Waals surface area contributed by atoms with E-state index in [1.807, 2.05) is 20.0 Å². The fraction of sp³-hybridized carbons (Fsp3) is 0.700. The number of ether oxygens (including phenoxy) is 1. The number of aliphatic hydroxyl groups is 1. The molecule has 1 unspecified atom stereocenters. The van der Waals surface area contributed by atoms with E-state index in [-0.39, 0.29) is 0 Å². The summed E-state index contributed by atoms with van der Waals surface area (Å²) in [6.07, 6.45) is 0.554. The van der Waals surface area contributed by atoms with Crippen LogP contribution in [0.5, 0.6) is 0 Å².